The van der Waals surface area contributed by atoms with Crippen molar-refractivity contribution in [3.63, 3.8) is 0 Å². The molecule has 8 rings (SSSR count). The molecule has 0 aliphatic heterocycles. The Bertz CT molecular complexity index is 2190. The van der Waals surface area contributed by atoms with Crippen LogP contribution in [0.4, 0.5) is 0 Å². The Labute approximate surface area is 325 Å². The summed E-state index contributed by atoms with van der Waals surface area (Å²) in [5.41, 5.74) is 10.4. The van der Waals surface area contributed by atoms with E-state index in [-0.39, 0.29) is 13.2 Å². The largest absolute Gasteiger partial charge is 0.481 e. The predicted octanol–water partition coefficient (Wildman–Crippen LogP) is 8.61. The molecule has 6 aromatic rings. The monoisotopic (exact) mass is 746 g/mol. The molecule has 0 atom stereocenters. The van der Waals surface area contributed by atoms with Gasteiger partial charge in [-0.25, -0.2) is 29.5 Å². The fraction of sp³-hybridized carbons (Fsp3) is 0.261. The highest BCUT2D eigenvalue weighted by Crippen LogP contribution is 2.47. The average Bonchev–Trinajstić information content (AvgIpc) is 3.23. The molecule has 4 aromatic carbocycles. The van der Waals surface area contributed by atoms with E-state index in [4.69, 9.17) is 18.9 Å². The third-order valence-corrected chi connectivity index (χ3v) is 10.2. The molecule has 2 aliphatic rings. The summed E-state index contributed by atoms with van der Waals surface area (Å²) in [5.74, 6) is 2.10. The Kier molecular flexibility index (Phi) is 10.8. The summed E-state index contributed by atoms with van der Waals surface area (Å²) >= 11 is 0. The van der Waals surface area contributed by atoms with E-state index in [0.29, 0.717) is 34.6 Å². The molecule has 10 nitrogen and oxygen atoms in total. The normalized spacial score (nSPS) is 13.2. The van der Waals surface area contributed by atoms with E-state index in [0.717, 1.165) is 84.7 Å². The lowest BCUT2D eigenvalue weighted by Crippen LogP contribution is -2.20. The van der Waals surface area contributed by atoms with Crippen LogP contribution < -0.4 is 18.9 Å². The second kappa shape index (κ2) is 16.5. The van der Waals surface area contributed by atoms with Crippen LogP contribution in [0.1, 0.15) is 59.1 Å². The van der Waals surface area contributed by atoms with Crippen LogP contribution >= 0.6 is 0 Å². The number of nitrogens with zero attached hydrogens (tertiary/aromatic N) is 4. The van der Waals surface area contributed by atoms with Crippen molar-refractivity contribution < 1.29 is 28.5 Å². The summed E-state index contributed by atoms with van der Waals surface area (Å²) in [6.07, 6.45) is 15.0. The molecular formula is C46H42N4O6. The third-order valence-electron chi connectivity index (χ3n) is 10.2. The molecule has 0 fully saturated rings. The van der Waals surface area contributed by atoms with Crippen molar-refractivity contribution in [2.24, 2.45) is 0 Å². The lowest BCUT2D eigenvalue weighted by molar-refractivity contribution is -0.137. The number of benzene rings is 4. The Morgan fingerprint density at radius 3 is 1.27 bits per heavy atom. The van der Waals surface area contributed by atoms with E-state index in [1.807, 2.05) is 50.2 Å². The number of ether oxygens (including phenoxy) is 4. The van der Waals surface area contributed by atoms with E-state index in [1.54, 1.807) is 49.1 Å². The van der Waals surface area contributed by atoms with Gasteiger partial charge in [-0.1, -0.05) is 12.1 Å². The first kappa shape index (κ1) is 36.6. The molecule has 282 valence electrons. The van der Waals surface area contributed by atoms with Gasteiger partial charge in [-0.3, -0.25) is 0 Å². The zero-order chi connectivity index (χ0) is 38.4. The highest BCUT2D eigenvalue weighted by atomic mass is 16.6. The minimum atomic E-state index is -0.526. The molecule has 0 saturated heterocycles. The van der Waals surface area contributed by atoms with Crippen LogP contribution in [0.5, 0.6) is 23.0 Å². The lowest BCUT2D eigenvalue weighted by atomic mass is 9.80. The topological polar surface area (TPSA) is 123 Å². The first-order chi connectivity index (χ1) is 27.4. The predicted molar refractivity (Wildman–Crippen MR) is 212 cm³/mol. The second-order valence-corrected chi connectivity index (χ2v) is 14.3. The van der Waals surface area contributed by atoms with E-state index in [9.17, 15) is 9.59 Å². The number of carbonyl (C=O) groups is 2. The smallest absolute Gasteiger partial charge is 0.349 e. The van der Waals surface area contributed by atoms with Gasteiger partial charge in [0.25, 0.3) is 0 Å². The Morgan fingerprint density at radius 1 is 0.500 bits per heavy atom. The molecule has 0 unspecified atom stereocenters. The van der Waals surface area contributed by atoms with Crippen LogP contribution in [0.3, 0.4) is 0 Å². The quantitative estimate of drug-likeness (QED) is 0.0941. The van der Waals surface area contributed by atoms with Crippen LogP contribution in [0.2, 0.25) is 0 Å². The Hall–Kier alpha value is -6.42. The number of esters is 2. The van der Waals surface area contributed by atoms with Crippen LogP contribution in [-0.2, 0) is 35.3 Å². The van der Waals surface area contributed by atoms with Gasteiger partial charge in [-0.05, 0) is 159 Å². The maximum Gasteiger partial charge on any atom is 0.349 e. The first-order valence-corrected chi connectivity index (χ1v) is 19.1. The van der Waals surface area contributed by atoms with Gasteiger partial charge in [-0.15, -0.1) is 0 Å². The number of hydrogen-bond donors (Lipinski definition) is 0. The van der Waals surface area contributed by atoms with E-state index < -0.39 is 11.9 Å². The van der Waals surface area contributed by atoms with Crippen molar-refractivity contribution in [3.05, 3.63) is 131 Å². The number of rotatable bonds is 11. The van der Waals surface area contributed by atoms with E-state index in [1.165, 1.54) is 22.3 Å². The zero-order valence-electron chi connectivity index (χ0n) is 31.5. The molecule has 2 heterocycles. The van der Waals surface area contributed by atoms with Crippen molar-refractivity contribution in [2.45, 2.75) is 65.2 Å². The van der Waals surface area contributed by atoms with E-state index in [2.05, 4.69) is 32.1 Å². The Morgan fingerprint density at radius 2 is 0.875 bits per heavy atom. The number of fused-ring (bicyclic) bond motifs is 2. The fourth-order valence-corrected chi connectivity index (χ4v) is 7.42. The standard InChI is InChI=1S/C46H42N4O6/c1-29-23-47-45(48-24-29)33-11-17-35(18-12-33)55-41(51)27-53-39-21-15-31-7-3-5-9-37(31)43(39)44-38-10-6-4-8-32(38)16-22-40(44)54-28-42(52)56-36-19-13-34(14-20-36)46-49-25-30(2)26-50-46/h11-26H,3-10,27-28H2,1-2H3. The molecule has 2 aromatic heterocycles. The first-order valence-electron chi connectivity index (χ1n) is 19.1. The van der Waals surface area contributed by atoms with Gasteiger partial charge in [0, 0.05) is 47.0 Å². The van der Waals surface area contributed by atoms with Crippen molar-refractivity contribution in [2.75, 3.05) is 13.2 Å². The number of aryl methyl sites for hydroxylation is 4. The Balaban J connectivity index is 1.02. The second-order valence-electron chi connectivity index (χ2n) is 14.3. The van der Waals surface area contributed by atoms with Gasteiger partial charge in [0.1, 0.15) is 23.0 Å². The van der Waals surface area contributed by atoms with Crippen LogP contribution in [0.15, 0.2) is 97.6 Å². The zero-order valence-corrected chi connectivity index (χ0v) is 31.5. The van der Waals surface area contributed by atoms with Crippen LogP contribution in [-0.4, -0.2) is 45.1 Å². The van der Waals surface area contributed by atoms with Crippen molar-refractivity contribution in [1.82, 2.24) is 19.9 Å². The molecule has 0 radical (unpaired) electrons. The average molecular weight is 747 g/mol. The van der Waals surface area contributed by atoms with Gasteiger partial charge >= 0.3 is 11.9 Å². The van der Waals surface area contributed by atoms with Gasteiger partial charge in [0.2, 0.25) is 0 Å². The summed E-state index contributed by atoms with van der Waals surface area (Å²) in [7, 11) is 0. The van der Waals surface area contributed by atoms with Gasteiger partial charge < -0.3 is 18.9 Å². The molecule has 0 saturated carbocycles. The SMILES string of the molecule is Cc1cnc(-c2ccc(OC(=O)COc3ccc4c(c3-c3c(OCC(=O)Oc5ccc(-c6ncc(C)cn6)cc5)ccc5c3CCCC5)CCCC4)cc2)nc1. The van der Waals surface area contributed by atoms with Crippen LogP contribution in [0.25, 0.3) is 33.9 Å². The lowest BCUT2D eigenvalue weighted by Gasteiger charge is -2.27. The fourth-order valence-electron chi connectivity index (χ4n) is 7.42. The molecular weight excluding hydrogens is 705 g/mol. The summed E-state index contributed by atoms with van der Waals surface area (Å²) in [4.78, 5) is 43.9. The number of aromatic nitrogens is 4. The van der Waals surface area contributed by atoms with Gasteiger partial charge in [0.05, 0.1) is 0 Å². The van der Waals surface area contributed by atoms with Crippen molar-refractivity contribution in [1.29, 1.82) is 0 Å². The molecule has 10 heteroatoms. The van der Waals surface area contributed by atoms with E-state index >= 15 is 0 Å². The minimum absolute atomic E-state index is 0.291. The van der Waals surface area contributed by atoms with Gasteiger partial charge in [-0.2, -0.15) is 0 Å². The highest BCUT2D eigenvalue weighted by molar-refractivity contribution is 5.85. The third kappa shape index (κ3) is 8.29. The molecule has 2 aliphatic carbocycles. The summed E-state index contributed by atoms with van der Waals surface area (Å²) in [6, 6.07) is 22.3. The molecule has 0 spiro atoms. The number of hydrogen-bond acceptors (Lipinski definition) is 10. The molecule has 0 amide bonds. The van der Waals surface area contributed by atoms with Gasteiger partial charge in [0.15, 0.2) is 24.9 Å². The highest BCUT2D eigenvalue weighted by Gasteiger charge is 2.27. The summed E-state index contributed by atoms with van der Waals surface area (Å²) in [5, 5.41) is 0. The maximum atomic E-state index is 13.2. The summed E-state index contributed by atoms with van der Waals surface area (Å²) in [6.45, 7) is 3.29. The van der Waals surface area contributed by atoms with Crippen molar-refractivity contribution >= 4 is 11.9 Å². The molecule has 0 bridgehead atoms. The minimum Gasteiger partial charge on any atom is -0.481 e. The molecule has 0 N–H and O–H groups in total. The van der Waals surface area contributed by atoms with Crippen molar-refractivity contribution in [3.8, 4) is 56.9 Å². The number of carbonyl (C=O) groups excluding carboxylic acids is 2. The van der Waals surface area contributed by atoms with Crippen LogP contribution in [0, 0.1) is 13.8 Å². The summed E-state index contributed by atoms with van der Waals surface area (Å²) < 4.78 is 24.0. The maximum absolute atomic E-state index is 13.2. The molecule has 56 heavy (non-hydrogen) atoms.